The number of non-ortho nitro benzene ring substituents is 1. The number of aryl methyl sites for hydroxylation is 1. The molecule has 0 unspecified atom stereocenters. The van der Waals surface area contributed by atoms with Gasteiger partial charge in [-0.25, -0.2) is 0 Å². The number of nitro groups is 1. The lowest BCUT2D eigenvalue weighted by molar-refractivity contribution is -0.384. The molecule has 3 rings (SSSR count). The van der Waals surface area contributed by atoms with Crippen molar-refractivity contribution in [3.8, 4) is 0 Å². The van der Waals surface area contributed by atoms with Gasteiger partial charge in [-0.15, -0.1) is 11.3 Å². The van der Waals surface area contributed by atoms with Crippen LogP contribution in [0.15, 0.2) is 29.6 Å². The number of thiophene rings is 1. The van der Waals surface area contributed by atoms with E-state index in [0.717, 1.165) is 30.5 Å². The van der Waals surface area contributed by atoms with E-state index in [9.17, 15) is 14.9 Å². The molecule has 2 heterocycles. The molecule has 1 aliphatic heterocycles. The van der Waals surface area contributed by atoms with E-state index in [-0.39, 0.29) is 17.5 Å². The number of rotatable bonds is 6. The lowest BCUT2D eigenvalue weighted by Crippen LogP contribution is -2.41. The molecule has 144 valence electrons. The minimum Gasteiger partial charge on any atom is -0.370 e. The molecular formula is C19H22ClN3O3S. The van der Waals surface area contributed by atoms with Crippen LogP contribution in [-0.4, -0.2) is 30.5 Å². The maximum absolute atomic E-state index is 12.4. The second-order valence-corrected chi connectivity index (χ2v) is 8.17. The van der Waals surface area contributed by atoms with Crippen molar-refractivity contribution in [2.24, 2.45) is 5.92 Å². The van der Waals surface area contributed by atoms with Gasteiger partial charge in [0.15, 0.2) is 0 Å². The van der Waals surface area contributed by atoms with E-state index >= 15 is 0 Å². The fourth-order valence-electron chi connectivity index (χ4n) is 3.50. The number of carbonyl (C=O) groups excluding carboxylic acids is 1. The summed E-state index contributed by atoms with van der Waals surface area (Å²) < 4.78 is 0. The number of nitro benzene ring substituents is 1. The molecule has 1 N–H and O–H groups in total. The Kier molecular flexibility index (Phi) is 6.34. The molecule has 0 aliphatic carbocycles. The van der Waals surface area contributed by atoms with Crippen molar-refractivity contribution in [1.82, 2.24) is 5.32 Å². The second-order valence-electron chi connectivity index (χ2n) is 6.73. The third-order valence-corrected chi connectivity index (χ3v) is 6.11. The van der Waals surface area contributed by atoms with Gasteiger partial charge in [-0.3, -0.25) is 14.9 Å². The summed E-state index contributed by atoms with van der Waals surface area (Å²) in [6.07, 6.45) is 2.36. The van der Waals surface area contributed by atoms with Gasteiger partial charge in [0.1, 0.15) is 0 Å². The maximum atomic E-state index is 12.4. The standard InChI is InChI=1S/C19H22ClN3O3S/c1-13-11-15(23(25)26)12-17(20)18(13)22-8-5-14(6-9-22)19(24)21-7-4-16-3-2-10-27-16/h2-3,10-12,14H,4-9H2,1H3,(H,21,24). The van der Waals surface area contributed by atoms with Gasteiger partial charge in [0.05, 0.1) is 15.6 Å². The number of hydrogen-bond donors (Lipinski definition) is 1. The zero-order valence-electron chi connectivity index (χ0n) is 15.1. The molecule has 27 heavy (non-hydrogen) atoms. The van der Waals surface area contributed by atoms with Crippen LogP contribution in [0.25, 0.3) is 0 Å². The highest BCUT2D eigenvalue weighted by Crippen LogP contribution is 2.35. The Hall–Kier alpha value is -2.12. The molecule has 1 amide bonds. The SMILES string of the molecule is Cc1cc([N+](=O)[O-])cc(Cl)c1N1CCC(C(=O)NCCc2cccs2)CC1. The summed E-state index contributed by atoms with van der Waals surface area (Å²) in [4.78, 5) is 26.3. The van der Waals surface area contributed by atoms with Crippen LogP contribution >= 0.6 is 22.9 Å². The van der Waals surface area contributed by atoms with Gasteiger partial charge in [-0.2, -0.15) is 0 Å². The zero-order chi connectivity index (χ0) is 19.4. The quantitative estimate of drug-likeness (QED) is 0.575. The van der Waals surface area contributed by atoms with Gasteiger partial charge >= 0.3 is 0 Å². The Labute approximate surface area is 167 Å². The molecular weight excluding hydrogens is 386 g/mol. The average Bonchev–Trinajstić information content (AvgIpc) is 3.15. The average molecular weight is 408 g/mol. The Bertz CT molecular complexity index is 795. The fraction of sp³-hybridized carbons (Fsp3) is 0.421. The van der Waals surface area contributed by atoms with Crippen molar-refractivity contribution in [1.29, 1.82) is 0 Å². The summed E-state index contributed by atoms with van der Waals surface area (Å²) in [5.74, 6) is 0.111. The van der Waals surface area contributed by atoms with Crippen molar-refractivity contribution in [3.63, 3.8) is 0 Å². The topological polar surface area (TPSA) is 75.5 Å². The van der Waals surface area contributed by atoms with Crippen molar-refractivity contribution in [3.05, 3.63) is 55.2 Å². The highest BCUT2D eigenvalue weighted by Gasteiger charge is 2.27. The minimum absolute atomic E-state index is 0.00116. The molecule has 1 saturated heterocycles. The highest BCUT2D eigenvalue weighted by molar-refractivity contribution is 7.09. The molecule has 6 nitrogen and oxygen atoms in total. The smallest absolute Gasteiger partial charge is 0.271 e. The van der Waals surface area contributed by atoms with Crippen LogP contribution in [-0.2, 0) is 11.2 Å². The van der Waals surface area contributed by atoms with Gasteiger partial charge in [0.2, 0.25) is 5.91 Å². The monoisotopic (exact) mass is 407 g/mol. The van der Waals surface area contributed by atoms with E-state index in [1.165, 1.54) is 10.9 Å². The van der Waals surface area contributed by atoms with Gasteiger partial charge in [-0.05, 0) is 43.2 Å². The van der Waals surface area contributed by atoms with Crippen LogP contribution in [0.5, 0.6) is 0 Å². The lowest BCUT2D eigenvalue weighted by Gasteiger charge is -2.34. The molecule has 0 radical (unpaired) electrons. The normalized spacial score (nSPS) is 15.0. The van der Waals surface area contributed by atoms with Crippen LogP contribution in [0.2, 0.25) is 5.02 Å². The third kappa shape index (κ3) is 4.78. The first-order valence-corrected chi connectivity index (χ1v) is 10.2. The van der Waals surface area contributed by atoms with Gasteiger partial charge in [-0.1, -0.05) is 17.7 Å². The van der Waals surface area contributed by atoms with E-state index in [0.29, 0.717) is 24.7 Å². The third-order valence-electron chi connectivity index (χ3n) is 4.88. The van der Waals surface area contributed by atoms with E-state index in [1.54, 1.807) is 17.4 Å². The second kappa shape index (κ2) is 8.71. The predicted molar refractivity (Wildman–Crippen MR) is 109 cm³/mol. The zero-order valence-corrected chi connectivity index (χ0v) is 16.7. The highest BCUT2D eigenvalue weighted by atomic mass is 35.5. The van der Waals surface area contributed by atoms with Crippen LogP contribution in [0, 0.1) is 23.0 Å². The maximum Gasteiger partial charge on any atom is 0.271 e. The Morgan fingerprint density at radius 3 is 2.74 bits per heavy atom. The molecule has 0 saturated carbocycles. The van der Waals surface area contributed by atoms with Gasteiger partial charge in [0.25, 0.3) is 5.69 Å². The molecule has 0 spiro atoms. The molecule has 0 atom stereocenters. The van der Waals surface area contributed by atoms with Crippen LogP contribution in [0.1, 0.15) is 23.3 Å². The van der Waals surface area contributed by atoms with E-state index in [2.05, 4.69) is 16.3 Å². The van der Waals surface area contributed by atoms with Crippen molar-refractivity contribution in [2.75, 3.05) is 24.5 Å². The summed E-state index contributed by atoms with van der Waals surface area (Å²) >= 11 is 8.00. The molecule has 1 aliphatic rings. The summed E-state index contributed by atoms with van der Waals surface area (Å²) in [7, 11) is 0. The van der Waals surface area contributed by atoms with E-state index < -0.39 is 4.92 Å². The first-order valence-electron chi connectivity index (χ1n) is 8.95. The number of benzene rings is 1. The first-order chi connectivity index (χ1) is 13.0. The lowest BCUT2D eigenvalue weighted by atomic mass is 9.95. The van der Waals surface area contributed by atoms with E-state index in [4.69, 9.17) is 11.6 Å². The summed E-state index contributed by atoms with van der Waals surface area (Å²) in [5, 5.41) is 16.4. The Morgan fingerprint density at radius 1 is 1.41 bits per heavy atom. The Balaban J connectivity index is 1.54. The minimum atomic E-state index is -0.435. The summed E-state index contributed by atoms with van der Waals surface area (Å²) in [6, 6.07) is 7.03. The molecule has 1 fully saturated rings. The number of halogens is 1. The largest absolute Gasteiger partial charge is 0.370 e. The van der Waals surface area contributed by atoms with Gasteiger partial charge in [0, 0.05) is 42.6 Å². The predicted octanol–water partition coefficient (Wildman–Crippen LogP) is 4.19. The van der Waals surface area contributed by atoms with Crippen LogP contribution in [0.3, 0.4) is 0 Å². The molecule has 8 heteroatoms. The summed E-state index contributed by atoms with van der Waals surface area (Å²) in [5.41, 5.74) is 1.62. The van der Waals surface area contributed by atoms with Crippen LogP contribution in [0.4, 0.5) is 11.4 Å². The number of nitrogens with one attached hydrogen (secondary N) is 1. The Morgan fingerprint density at radius 2 is 2.15 bits per heavy atom. The fourth-order valence-corrected chi connectivity index (χ4v) is 4.59. The van der Waals surface area contributed by atoms with Gasteiger partial charge < -0.3 is 10.2 Å². The number of nitrogens with zero attached hydrogens (tertiary/aromatic N) is 2. The molecule has 2 aromatic rings. The number of amides is 1. The molecule has 1 aromatic carbocycles. The molecule has 1 aromatic heterocycles. The molecule has 0 bridgehead atoms. The van der Waals surface area contributed by atoms with Crippen molar-refractivity contribution >= 4 is 40.2 Å². The number of hydrogen-bond acceptors (Lipinski definition) is 5. The number of anilines is 1. The van der Waals surface area contributed by atoms with Crippen LogP contribution < -0.4 is 10.2 Å². The first kappa shape index (κ1) is 19.6. The van der Waals surface area contributed by atoms with Crippen molar-refractivity contribution in [2.45, 2.75) is 26.2 Å². The summed E-state index contributed by atoms with van der Waals surface area (Å²) in [6.45, 7) is 3.91. The van der Waals surface area contributed by atoms with E-state index in [1.807, 2.05) is 18.4 Å². The number of carbonyl (C=O) groups is 1. The van der Waals surface area contributed by atoms with Crippen molar-refractivity contribution < 1.29 is 9.72 Å². The number of piperidine rings is 1.